The summed E-state index contributed by atoms with van der Waals surface area (Å²) in [6, 6.07) is 5.85. The summed E-state index contributed by atoms with van der Waals surface area (Å²) in [7, 11) is 0. The maximum Gasteiger partial charge on any atom is 0.253 e. The molecule has 1 N–H and O–H groups in total. The van der Waals surface area contributed by atoms with Crippen molar-refractivity contribution in [1.82, 2.24) is 25.1 Å². The Hall–Kier alpha value is -2.76. The second kappa shape index (κ2) is 6.16. The van der Waals surface area contributed by atoms with E-state index in [0.29, 0.717) is 17.8 Å². The third kappa shape index (κ3) is 3.06. The summed E-state index contributed by atoms with van der Waals surface area (Å²) < 4.78 is 1.86. The number of amides is 1. The number of pyridine rings is 2. The van der Waals surface area contributed by atoms with E-state index in [0.717, 1.165) is 16.6 Å². The van der Waals surface area contributed by atoms with Crippen LogP contribution in [0.3, 0.4) is 0 Å². The molecule has 6 heteroatoms. The highest BCUT2D eigenvalue weighted by Crippen LogP contribution is 2.19. The molecule has 0 unspecified atom stereocenters. The Labute approximate surface area is 134 Å². The summed E-state index contributed by atoms with van der Waals surface area (Å²) in [6.45, 7) is 6.39. The highest BCUT2D eigenvalue weighted by atomic mass is 16.1. The van der Waals surface area contributed by atoms with E-state index in [2.05, 4.69) is 34.2 Å². The summed E-state index contributed by atoms with van der Waals surface area (Å²) in [6.07, 6.45) is 5.20. The molecule has 118 valence electrons. The Morgan fingerprint density at radius 1 is 1.35 bits per heavy atom. The molecule has 0 saturated heterocycles. The number of hydrogen-bond donors (Lipinski definition) is 1. The normalized spacial score (nSPS) is 11.1. The van der Waals surface area contributed by atoms with Gasteiger partial charge in [0, 0.05) is 30.4 Å². The number of hydrogen-bond acceptors (Lipinski definition) is 4. The molecule has 1 amide bonds. The average Bonchev–Trinajstić information content (AvgIpc) is 2.95. The van der Waals surface area contributed by atoms with Crippen molar-refractivity contribution >= 4 is 16.9 Å². The van der Waals surface area contributed by atoms with Gasteiger partial charge in [0.05, 0.1) is 17.5 Å². The molecular weight excluding hydrogens is 290 g/mol. The van der Waals surface area contributed by atoms with Crippen LogP contribution >= 0.6 is 0 Å². The molecule has 0 aromatic carbocycles. The fraction of sp³-hybridized carbons (Fsp3) is 0.294. The molecule has 0 aliphatic rings. The van der Waals surface area contributed by atoms with Gasteiger partial charge in [-0.15, -0.1) is 0 Å². The van der Waals surface area contributed by atoms with E-state index >= 15 is 0 Å². The van der Waals surface area contributed by atoms with Crippen LogP contribution in [0.5, 0.6) is 0 Å². The molecule has 3 aromatic heterocycles. The zero-order valence-corrected chi connectivity index (χ0v) is 13.4. The number of nitrogens with zero attached hydrogens (tertiary/aromatic N) is 4. The summed E-state index contributed by atoms with van der Waals surface area (Å²) >= 11 is 0. The number of nitrogens with one attached hydrogen (secondary N) is 1. The first-order chi connectivity index (χ1) is 11.1. The smallest absolute Gasteiger partial charge is 0.253 e. The molecule has 0 radical (unpaired) electrons. The third-order valence-corrected chi connectivity index (χ3v) is 3.67. The molecule has 3 aromatic rings. The summed E-state index contributed by atoms with van der Waals surface area (Å²) in [5, 5.41) is 8.12. The predicted molar refractivity (Wildman–Crippen MR) is 88.1 cm³/mol. The number of aromatic nitrogens is 4. The Bertz CT molecular complexity index is 839. The first-order valence-electron chi connectivity index (χ1n) is 7.58. The van der Waals surface area contributed by atoms with Crippen LogP contribution in [0, 0.1) is 6.92 Å². The summed E-state index contributed by atoms with van der Waals surface area (Å²) in [5.74, 6) is -0.141. The van der Waals surface area contributed by atoms with Crippen molar-refractivity contribution in [1.29, 1.82) is 0 Å². The monoisotopic (exact) mass is 309 g/mol. The summed E-state index contributed by atoms with van der Waals surface area (Å²) in [5.41, 5.74) is 3.04. The van der Waals surface area contributed by atoms with Crippen molar-refractivity contribution in [3.05, 3.63) is 53.6 Å². The lowest BCUT2D eigenvalue weighted by molar-refractivity contribution is 0.0950. The Balaban J connectivity index is 1.84. The lowest BCUT2D eigenvalue weighted by Gasteiger charge is -2.10. The molecule has 0 bridgehead atoms. The van der Waals surface area contributed by atoms with Crippen molar-refractivity contribution in [3.63, 3.8) is 0 Å². The van der Waals surface area contributed by atoms with Crippen LogP contribution in [0.1, 0.15) is 41.5 Å². The number of fused-ring (bicyclic) bond motifs is 1. The first kappa shape index (κ1) is 15.1. The third-order valence-electron chi connectivity index (χ3n) is 3.67. The van der Waals surface area contributed by atoms with Gasteiger partial charge in [0.1, 0.15) is 0 Å². The van der Waals surface area contributed by atoms with Gasteiger partial charge in [0.15, 0.2) is 5.65 Å². The van der Waals surface area contributed by atoms with Crippen LogP contribution in [-0.4, -0.2) is 25.7 Å². The molecular formula is C17H19N5O. The first-order valence-corrected chi connectivity index (χ1v) is 7.58. The van der Waals surface area contributed by atoms with Gasteiger partial charge in [-0.05, 0) is 38.5 Å². The van der Waals surface area contributed by atoms with E-state index < -0.39 is 0 Å². The van der Waals surface area contributed by atoms with E-state index in [1.54, 1.807) is 18.6 Å². The number of rotatable bonds is 4. The average molecular weight is 309 g/mol. The molecule has 23 heavy (non-hydrogen) atoms. The van der Waals surface area contributed by atoms with Crippen molar-refractivity contribution < 1.29 is 4.79 Å². The van der Waals surface area contributed by atoms with E-state index in [-0.39, 0.29) is 11.9 Å². The Morgan fingerprint density at radius 3 is 2.87 bits per heavy atom. The predicted octanol–water partition coefficient (Wildman–Crippen LogP) is 2.65. The lowest BCUT2D eigenvalue weighted by Crippen LogP contribution is -2.24. The van der Waals surface area contributed by atoms with Crippen molar-refractivity contribution in [2.24, 2.45) is 0 Å². The van der Waals surface area contributed by atoms with Gasteiger partial charge in [-0.1, -0.05) is 6.07 Å². The molecule has 0 saturated carbocycles. The second-order valence-corrected chi connectivity index (χ2v) is 5.76. The lowest BCUT2D eigenvalue weighted by atomic mass is 10.1. The number of carbonyl (C=O) groups is 1. The minimum atomic E-state index is -0.141. The van der Waals surface area contributed by atoms with Crippen LogP contribution in [-0.2, 0) is 6.54 Å². The van der Waals surface area contributed by atoms with Gasteiger partial charge in [-0.3, -0.25) is 9.78 Å². The van der Waals surface area contributed by atoms with Gasteiger partial charge < -0.3 is 5.32 Å². The van der Waals surface area contributed by atoms with Crippen LogP contribution < -0.4 is 5.32 Å². The van der Waals surface area contributed by atoms with E-state index in [4.69, 9.17) is 0 Å². The molecule has 6 nitrogen and oxygen atoms in total. The van der Waals surface area contributed by atoms with Crippen molar-refractivity contribution in [2.75, 3.05) is 0 Å². The SMILES string of the molecule is Cc1nc2c(cnn2C(C)C)cc1C(=O)NCc1cccnc1. The zero-order chi connectivity index (χ0) is 16.4. The van der Waals surface area contributed by atoms with E-state index in [1.807, 2.05) is 29.8 Å². The quantitative estimate of drug-likeness (QED) is 0.804. The topological polar surface area (TPSA) is 72.7 Å². The minimum absolute atomic E-state index is 0.141. The standard InChI is InChI=1S/C17H19N5O/c1-11(2)22-16-14(10-20-22)7-15(12(3)21-16)17(23)19-9-13-5-4-6-18-8-13/h4-8,10-11H,9H2,1-3H3,(H,19,23). The largest absolute Gasteiger partial charge is 0.348 e. The number of aryl methyl sites for hydroxylation is 1. The fourth-order valence-electron chi connectivity index (χ4n) is 2.45. The molecule has 0 fully saturated rings. The van der Waals surface area contributed by atoms with Crippen LogP contribution in [0.15, 0.2) is 36.8 Å². The zero-order valence-electron chi connectivity index (χ0n) is 13.4. The van der Waals surface area contributed by atoms with Gasteiger partial charge in [-0.2, -0.15) is 5.10 Å². The van der Waals surface area contributed by atoms with E-state index in [9.17, 15) is 4.79 Å². The molecule has 0 spiro atoms. The highest BCUT2D eigenvalue weighted by Gasteiger charge is 2.15. The molecule has 3 rings (SSSR count). The summed E-state index contributed by atoms with van der Waals surface area (Å²) in [4.78, 5) is 21.0. The van der Waals surface area contributed by atoms with Crippen LogP contribution in [0.4, 0.5) is 0 Å². The highest BCUT2D eigenvalue weighted by molar-refractivity contribution is 5.98. The second-order valence-electron chi connectivity index (χ2n) is 5.76. The minimum Gasteiger partial charge on any atom is -0.348 e. The molecule has 0 aliphatic carbocycles. The van der Waals surface area contributed by atoms with Crippen LogP contribution in [0.25, 0.3) is 11.0 Å². The Morgan fingerprint density at radius 2 is 2.17 bits per heavy atom. The molecule has 3 heterocycles. The molecule has 0 aliphatic heterocycles. The van der Waals surface area contributed by atoms with Gasteiger partial charge in [0.2, 0.25) is 0 Å². The van der Waals surface area contributed by atoms with Gasteiger partial charge >= 0.3 is 0 Å². The Kier molecular flexibility index (Phi) is 4.06. The van der Waals surface area contributed by atoms with Crippen LogP contribution in [0.2, 0.25) is 0 Å². The van der Waals surface area contributed by atoms with Gasteiger partial charge in [0.25, 0.3) is 5.91 Å². The van der Waals surface area contributed by atoms with Crippen molar-refractivity contribution in [3.8, 4) is 0 Å². The number of carbonyl (C=O) groups excluding carboxylic acids is 1. The fourth-order valence-corrected chi connectivity index (χ4v) is 2.45. The maximum atomic E-state index is 12.4. The van der Waals surface area contributed by atoms with E-state index in [1.165, 1.54) is 0 Å². The van der Waals surface area contributed by atoms with Gasteiger partial charge in [-0.25, -0.2) is 9.67 Å². The maximum absolute atomic E-state index is 12.4. The molecule has 0 atom stereocenters. The van der Waals surface area contributed by atoms with Crippen molar-refractivity contribution in [2.45, 2.75) is 33.4 Å².